The molecule has 5 heteroatoms. The van der Waals surface area contributed by atoms with Gasteiger partial charge >= 0.3 is 0 Å². The summed E-state index contributed by atoms with van der Waals surface area (Å²) in [6, 6.07) is 6.78. The Balaban J connectivity index is 1.53. The summed E-state index contributed by atoms with van der Waals surface area (Å²) in [6.07, 6.45) is 4.70. The van der Waals surface area contributed by atoms with Gasteiger partial charge in [-0.1, -0.05) is 12.1 Å². The number of methoxy groups -OCH3 is 1. The first-order valence-corrected chi connectivity index (χ1v) is 8.72. The number of rotatable bonds is 6. The van der Waals surface area contributed by atoms with Gasteiger partial charge < -0.3 is 9.30 Å². The van der Waals surface area contributed by atoms with Crippen molar-refractivity contribution >= 4 is 0 Å². The molecule has 1 aromatic heterocycles. The zero-order valence-corrected chi connectivity index (χ0v) is 14.1. The van der Waals surface area contributed by atoms with Crippen LogP contribution in [-0.2, 0) is 24.4 Å². The Morgan fingerprint density at radius 1 is 1.25 bits per heavy atom. The zero-order chi connectivity index (χ0) is 16.5. The van der Waals surface area contributed by atoms with Gasteiger partial charge in [0, 0.05) is 44.9 Å². The average Bonchev–Trinajstić information content (AvgIpc) is 3.29. The number of fused-ring (bicyclic) bond motifs is 1. The predicted octanol–water partition coefficient (Wildman–Crippen LogP) is 3.18. The normalized spacial score (nSPS) is 21.0. The fourth-order valence-electron chi connectivity index (χ4n) is 3.73. The summed E-state index contributed by atoms with van der Waals surface area (Å²) in [7, 11) is 1.76. The van der Waals surface area contributed by atoms with Gasteiger partial charge in [0.15, 0.2) is 0 Å². The lowest BCUT2D eigenvalue weighted by atomic mass is 9.98. The Morgan fingerprint density at radius 3 is 2.75 bits per heavy atom. The Hall–Kier alpha value is -1.72. The van der Waals surface area contributed by atoms with E-state index in [4.69, 9.17) is 4.74 Å². The van der Waals surface area contributed by atoms with Crippen LogP contribution in [0.4, 0.5) is 4.39 Å². The third-order valence-corrected chi connectivity index (χ3v) is 5.04. The van der Waals surface area contributed by atoms with E-state index < -0.39 is 0 Å². The minimum absolute atomic E-state index is 0.184. The molecule has 0 saturated heterocycles. The van der Waals surface area contributed by atoms with Crippen LogP contribution in [0.1, 0.15) is 35.7 Å². The van der Waals surface area contributed by atoms with E-state index >= 15 is 0 Å². The molecule has 2 aliphatic rings. The second kappa shape index (κ2) is 6.65. The van der Waals surface area contributed by atoms with Crippen LogP contribution in [0, 0.1) is 11.7 Å². The molecule has 4 nitrogen and oxygen atoms in total. The van der Waals surface area contributed by atoms with Crippen molar-refractivity contribution < 1.29 is 9.13 Å². The SMILES string of the molecule is COC[C@H]1CN(Cc2ccc(F)cc2)Cc2ncn(CC3CC3)c21. The van der Waals surface area contributed by atoms with Crippen LogP contribution in [0.25, 0.3) is 0 Å². The van der Waals surface area contributed by atoms with Crippen LogP contribution in [0.5, 0.6) is 0 Å². The molecule has 0 amide bonds. The standard InChI is InChI=1S/C19H24FN3O/c1-24-12-16-10-22(8-14-4-6-17(20)7-5-14)11-18-19(16)23(13-21-18)9-15-2-3-15/h4-7,13,15-16H,2-3,8-12H2,1H3/t16-/m1/s1. The molecule has 1 aromatic carbocycles. The van der Waals surface area contributed by atoms with Gasteiger partial charge in [-0.2, -0.15) is 0 Å². The monoisotopic (exact) mass is 329 g/mol. The maximum atomic E-state index is 13.1. The van der Waals surface area contributed by atoms with Crippen LogP contribution in [0.15, 0.2) is 30.6 Å². The Morgan fingerprint density at radius 2 is 2.04 bits per heavy atom. The van der Waals surface area contributed by atoms with Crippen LogP contribution in [-0.4, -0.2) is 34.7 Å². The summed E-state index contributed by atoms with van der Waals surface area (Å²) in [5, 5.41) is 0. The topological polar surface area (TPSA) is 30.3 Å². The van der Waals surface area contributed by atoms with E-state index in [1.54, 1.807) is 7.11 Å². The lowest BCUT2D eigenvalue weighted by molar-refractivity contribution is 0.131. The third-order valence-electron chi connectivity index (χ3n) is 5.04. The van der Waals surface area contributed by atoms with Gasteiger partial charge in [0.05, 0.1) is 18.6 Å². The summed E-state index contributed by atoms with van der Waals surface area (Å²) < 4.78 is 20.9. The number of imidazole rings is 1. The lowest BCUT2D eigenvalue weighted by Gasteiger charge is -2.33. The molecular formula is C19H24FN3O. The van der Waals surface area contributed by atoms with Crippen molar-refractivity contribution in [2.75, 3.05) is 20.3 Å². The van der Waals surface area contributed by atoms with E-state index in [9.17, 15) is 4.39 Å². The second-order valence-electron chi connectivity index (χ2n) is 7.12. The maximum Gasteiger partial charge on any atom is 0.123 e. The summed E-state index contributed by atoms with van der Waals surface area (Å²) in [6.45, 7) is 4.43. The molecule has 1 aliphatic carbocycles. The molecule has 2 aromatic rings. The van der Waals surface area contributed by atoms with Crippen molar-refractivity contribution in [3.8, 4) is 0 Å². The smallest absolute Gasteiger partial charge is 0.123 e. The predicted molar refractivity (Wildman–Crippen MR) is 90.1 cm³/mol. The van der Waals surface area contributed by atoms with Crippen LogP contribution in [0.3, 0.4) is 0 Å². The molecule has 1 fully saturated rings. The van der Waals surface area contributed by atoms with Crippen molar-refractivity contribution in [2.45, 2.75) is 38.4 Å². The number of nitrogens with zero attached hydrogens (tertiary/aromatic N) is 3. The van der Waals surface area contributed by atoms with Crippen molar-refractivity contribution in [2.24, 2.45) is 5.92 Å². The van der Waals surface area contributed by atoms with E-state index in [2.05, 4.69) is 14.5 Å². The van der Waals surface area contributed by atoms with E-state index in [1.165, 1.54) is 36.4 Å². The molecule has 0 spiro atoms. The van der Waals surface area contributed by atoms with Gasteiger partial charge in [-0.25, -0.2) is 9.37 Å². The summed E-state index contributed by atoms with van der Waals surface area (Å²) >= 11 is 0. The van der Waals surface area contributed by atoms with Gasteiger partial charge in [0.25, 0.3) is 0 Å². The van der Waals surface area contributed by atoms with Gasteiger partial charge in [-0.15, -0.1) is 0 Å². The quantitative estimate of drug-likeness (QED) is 0.815. The molecular weight excluding hydrogens is 305 g/mol. The van der Waals surface area contributed by atoms with Crippen molar-refractivity contribution in [1.82, 2.24) is 14.5 Å². The molecule has 128 valence electrons. The Bertz CT molecular complexity index is 693. The van der Waals surface area contributed by atoms with Gasteiger partial charge in [0.1, 0.15) is 5.82 Å². The summed E-state index contributed by atoms with van der Waals surface area (Å²) in [5.41, 5.74) is 3.67. The van der Waals surface area contributed by atoms with Crippen LogP contribution >= 0.6 is 0 Å². The Labute approximate surface area is 142 Å². The summed E-state index contributed by atoms with van der Waals surface area (Å²) in [5.74, 6) is 1.000. The first kappa shape index (κ1) is 15.8. The molecule has 24 heavy (non-hydrogen) atoms. The zero-order valence-electron chi connectivity index (χ0n) is 14.1. The molecule has 2 heterocycles. The van der Waals surface area contributed by atoms with E-state index in [0.29, 0.717) is 12.5 Å². The molecule has 0 unspecified atom stereocenters. The van der Waals surface area contributed by atoms with Gasteiger partial charge in [-0.05, 0) is 36.5 Å². The molecule has 0 N–H and O–H groups in total. The van der Waals surface area contributed by atoms with Crippen molar-refractivity contribution in [3.63, 3.8) is 0 Å². The number of hydrogen-bond acceptors (Lipinski definition) is 3. The lowest BCUT2D eigenvalue weighted by Crippen LogP contribution is -2.36. The van der Waals surface area contributed by atoms with Crippen molar-refractivity contribution in [1.29, 1.82) is 0 Å². The number of benzene rings is 1. The largest absolute Gasteiger partial charge is 0.384 e. The number of aromatic nitrogens is 2. The number of hydrogen-bond donors (Lipinski definition) is 0. The molecule has 0 bridgehead atoms. The minimum atomic E-state index is -0.184. The Kier molecular flexibility index (Phi) is 4.37. The van der Waals surface area contributed by atoms with E-state index in [-0.39, 0.29) is 5.82 Å². The highest BCUT2D eigenvalue weighted by Gasteiger charge is 2.31. The van der Waals surface area contributed by atoms with Crippen molar-refractivity contribution in [3.05, 3.63) is 53.4 Å². The average molecular weight is 329 g/mol. The van der Waals surface area contributed by atoms with E-state index in [0.717, 1.165) is 37.7 Å². The molecule has 4 rings (SSSR count). The maximum absolute atomic E-state index is 13.1. The third kappa shape index (κ3) is 3.37. The number of ether oxygens (including phenoxy) is 1. The van der Waals surface area contributed by atoms with Crippen LogP contribution in [0.2, 0.25) is 0 Å². The van der Waals surface area contributed by atoms with Gasteiger partial charge in [0.2, 0.25) is 0 Å². The first-order chi connectivity index (χ1) is 11.7. The van der Waals surface area contributed by atoms with Gasteiger partial charge in [-0.3, -0.25) is 4.90 Å². The molecule has 1 atom stereocenters. The summed E-state index contributed by atoms with van der Waals surface area (Å²) in [4.78, 5) is 7.06. The van der Waals surface area contributed by atoms with Crippen LogP contribution < -0.4 is 0 Å². The molecule has 1 saturated carbocycles. The highest BCUT2D eigenvalue weighted by atomic mass is 19.1. The highest BCUT2D eigenvalue weighted by molar-refractivity contribution is 5.23. The first-order valence-electron chi connectivity index (χ1n) is 8.72. The second-order valence-corrected chi connectivity index (χ2v) is 7.12. The van der Waals surface area contributed by atoms with E-state index in [1.807, 2.05) is 18.5 Å². The fourth-order valence-corrected chi connectivity index (χ4v) is 3.73. The number of halogens is 1. The fraction of sp³-hybridized carbons (Fsp3) is 0.526. The highest BCUT2D eigenvalue weighted by Crippen LogP contribution is 2.34. The minimum Gasteiger partial charge on any atom is -0.384 e. The molecule has 0 radical (unpaired) electrons. The molecule has 1 aliphatic heterocycles.